The number of benzene rings is 2. The van der Waals surface area contributed by atoms with Gasteiger partial charge in [0.2, 0.25) is 0 Å². The summed E-state index contributed by atoms with van der Waals surface area (Å²) < 4.78 is 55.9. The summed E-state index contributed by atoms with van der Waals surface area (Å²) in [5.74, 6) is -0.467. The maximum Gasteiger partial charge on any atom is 0.191 e. The van der Waals surface area contributed by atoms with Crippen molar-refractivity contribution in [1.82, 2.24) is 10.6 Å². The zero-order valence-corrected chi connectivity index (χ0v) is 20.2. The van der Waals surface area contributed by atoms with Gasteiger partial charge in [-0.2, -0.15) is 0 Å². The molecule has 0 aromatic heterocycles. The zero-order valence-electron chi connectivity index (χ0n) is 17.0. The highest BCUT2D eigenvalue weighted by Gasteiger charge is 2.11. The molecule has 0 saturated carbocycles. The normalized spacial score (nSPS) is 11.6. The van der Waals surface area contributed by atoms with Crippen LogP contribution in [0.2, 0.25) is 0 Å². The Morgan fingerprint density at radius 2 is 1.77 bits per heavy atom. The summed E-state index contributed by atoms with van der Waals surface area (Å²) in [6, 6.07) is 8.68. The van der Waals surface area contributed by atoms with Gasteiger partial charge in [0, 0.05) is 26.4 Å². The Balaban J connectivity index is 0.00000450. The molecule has 30 heavy (non-hydrogen) atoms. The van der Waals surface area contributed by atoms with Gasteiger partial charge >= 0.3 is 0 Å². The molecule has 0 saturated heterocycles. The van der Waals surface area contributed by atoms with Crippen LogP contribution in [-0.4, -0.2) is 34.3 Å². The average molecular weight is 553 g/mol. The Kier molecular flexibility index (Phi) is 10.5. The van der Waals surface area contributed by atoms with E-state index < -0.39 is 21.5 Å². The smallest absolute Gasteiger partial charge is 0.191 e. The van der Waals surface area contributed by atoms with Gasteiger partial charge in [0.15, 0.2) is 27.4 Å². The quantitative estimate of drug-likeness (QED) is 0.298. The van der Waals surface area contributed by atoms with Gasteiger partial charge in [-0.25, -0.2) is 17.2 Å². The number of aliphatic imine (C=N–C) groups is 1. The summed E-state index contributed by atoms with van der Waals surface area (Å²) in [6.07, 6.45) is 1.13. The largest absolute Gasteiger partial charge is 0.491 e. The fraction of sp³-hybridized carbons (Fsp3) is 0.350. The molecule has 0 amide bonds. The molecule has 0 aliphatic carbocycles. The first-order valence-electron chi connectivity index (χ1n) is 9.02. The topological polar surface area (TPSA) is 79.8 Å². The van der Waals surface area contributed by atoms with E-state index in [1.165, 1.54) is 24.3 Å². The summed E-state index contributed by atoms with van der Waals surface area (Å²) in [6.45, 7) is 2.65. The van der Waals surface area contributed by atoms with E-state index in [0.717, 1.165) is 6.26 Å². The van der Waals surface area contributed by atoms with Crippen LogP contribution in [0, 0.1) is 11.6 Å². The van der Waals surface area contributed by atoms with Crippen molar-refractivity contribution < 1.29 is 21.9 Å². The molecule has 2 N–H and O–H groups in total. The highest BCUT2D eigenvalue weighted by molar-refractivity contribution is 14.0. The van der Waals surface area contributed by atoms with Gasteiger partial charge in [0.1, 0.15) is 5.82 Å². The molecular formula is C20H26F2IN3O3S. The van der Waals surface area contributed by atoms with E-state index in [4.69, 9.17) is 4.74 Å². The Labute approximate surface area is 193 Å². The van der Waals surface area contributed by atoms with Crippen molar-refractivity contribution in [2.75, 3.05) is 19.9 Å². The molecule has 0 heterocycles. The van der Waals surface area contributed by atoms with E-state index in [0.29, 0.717) is 35.8 Å². The zero-order chi connectivity index (χ0) is 21.4. The lowest BCUT2D eigenvalue weighted by Gasteiger charge is -2.15. The number of guanidine groups is 1. The second kappa shape index (κ2) is 12.0. The number of sulfone groups is 1. The summed E-state index contributed by atoms with van der Waals surface area (Å²) >= 11 is 0. The van der Waals surface area contributed by atoms with Gasteiger partial charge in [-0.15, -0.1) is 24.0 Å². The maximum atomic E-state index is 13.9. The molecular weight excluding hydrogens is 527 g/mol. The third kappa shape index (κ3) is 8.42. The highest BCUT2D eigenvalue weighted by atomic mass is 127. The van der Waals surface area contributed by atoms with E-state index in [-0.39, 0.29) is 42.0 Å². The number of hydrogen-bond donors (Lipinski definition) is 2. The van der Waals surface area contributed by atoms with Crippen molar-refractivity contribution >= 4 is 39.8 Å². The average Bonchev–Trinajstić information content (AvgIpc) is 2.65. The van der Waals surface area contributed by atoms with E-state index in [1.807, 2.05) is 0 Å². The third-order valence-electron chi connectivity index (χ3n) is 4.01. The molecule has 0 spiro atoms. The Bertz CT molecular complexity index is 985. The molecule has 0 atom stereocenters. The molecule has 6 nitrogen and oxygen atoms in total. The molecule has 0 unspecified atom stereocenters. The Hall–Kier alpha value is -1.95. The standard InChI is InChI=1S/C20H25F2N3O3S.HI/c1-4-28-19-8-5-14(9-18(19)22)11-24-20(23-2)25-12-16-10-17(21)7-6-15(16)13-29(3,26)27;/h5-10H,4,11-13H2,1-3H3,(H2,23,24,25);1H. The summed E-state index contributed by atoms with van der Waals surface area (Å²) in [7, 11) is -1.69. The van der Waals surface area contributed by atoms with Gasteiger partial charge in [-0.05, 0) is 47.9 Å². The number of nitrogens with zero attached hydrogens (tertiary/aromatic N) is 1. The molecule has 2 aromatic carbocycles. The lowest BCUT2D eigenvalue weighted by molar-refractivity contribution is 0.321. The first-order valence-corrected chi connectivity index (χ1v) is 11.1. The van der Waals surface area contributed by atoms with Crippen molar-refractivity contribution in [1.29, 1.82) is 0 Å². The molecule has 166 valence electrons. The van der Waals surface area contributed by atoms with E-state index >= 15 is 0 Å². The van der Waals surface area contributed by atoms with Crippen LogP contribution in [0.1, 0.15) is 23.6 Å². The van der Waals surface area contributed by atoms with Crippen LogP contribution >= 0.6 is 24.0 Å². The lowest BCUT2D eigenvalue weighted by Crippen LogP contribution is -2.36. The number of halogens is 3. The Morgan fingerprint density at radius 1 is 1.07 bits per heavy atom. The first kappa shape index (κ1) is 26.1. The van der Waals surface area contributed by atoms with Gasteiger partial charge in [0.05, 0.1) is 12.4 Å². The predicted octanol–water partition coefficient (Wildman–Crippen LogP) is 3.39. The van der Waals surface area contributed by atoms with Gasteiger partial charge < -0.3 is 15.4 Å². The van der Waals surface area contributed by atoms with Crippen LogP contribution < -0.4 is 15.4 Å². The summed E-state index contributed by atoms with van der Waals surface area (Å²) in [4.78, 5) is 4.08. The van der Waals surface area contributed by atoms with Gasteiger partial charge in [-0.1, -0.05) is 12.1 Å². The minimum Gasteiger partial charge on any atom is -0.491 e. The molecule has 0 aliphatic heterocycles. The van der Waals surface area contributed by atoms with Gasteiger partial charge in [-0.3, -0.25) is 4.99 Å². The number of rotatable bonds is 8. The van der Waals surface area contributed by atoms with Crippen LogP contribution in [0.3, 0.4) is 0 Å². The number of ether oxygens (including phenoxy) is 1. The monoisotopic (exact) mass is 553 g/mol. The highest BCUT2D eigenvalue weighted by Crippen LogP contribution is 2.18. The fourth-order valence-electron chi connectivity index (χ4n) is 2.69. The predicted molar refractivity (Wildman–Crippen MR) is 125 cm³/mol. The SMILES string of the molecule is CCOc1ccc(CNC(=NC)NCc2cc(F)ccc2CS(C)(=O)=O)cc1F.I. The molecule has 2 aromatic rings. The Morgan fingerprint density at radius 3 is 2.37 bits per heavy atom. The molecule has 0 bridgehead atoms. The number of hydrogen-bond acceptors (Lipinski definition) is 4. The van der Waals surface area contributed by atoms with Crippen molar-refractivity contribution in [2.24, 2.45) is 4.99 Å². The fourth-order valence-corrected chi connectivity index (χ4v) is 3.54. The second-order valence-corrected chi connectivity index (χ2v) is 8.60. The number of nitrogens with one attached hydrogen (secondary N) is 2. The van der Waals surface area contributed by atoms with Crippen LogP contribution in [0.4, 0.5) is 8.78 Å². The minimum atomic E-state index is -3.26. The van der Waals surface area contributed by atoms with Crippen LogP contribution in [0.5, 0.6) is 5.75 Å². The summed E-state index contributed by atoms with van der Waals surface area (Å²) in [5.41, 5.74) is 1.73. The second-order valence-electron chi connectivity index (χ2n) is 6.46. The maximum absolute atomic E-state index is 13.9. The molecule has 10 heteroatoms. The van der Waals surface area contributed by atoms with E-state index in [9.17, 15) is 17.2 Å². The molecule has 0 radical (unpaired) electrons. The van der Waals surface area contributed by atoms with E-state index in [1.54, 1.807) is 26.1 Å². The first-order chi connectivity index (χ1) is 13.7. The third-order valence-corrected chi connectivity index (χ3v) is 4.85. The van der Waals surface area contributed by atoms with Crippen LogP contribution in [-0.2, 0) is 28.7 Å². The van der Waals surface area contributed by atoms with Gasteiger partial charge in [0.25, 0.3) is 0 Å². The van der Waals surface area contributed by atoms with Crippen molar-refractivity contribution in [3.8, 4) is 5.75 Å². The summed E-state index contributed by atoms with van der Waals surface area (Å²) in [5, 5.41) is 6.05. The van der Waals surface area contributed by atoms with Crippen LogP contribution in [0.25, 0.3) is 0 Å². The van der Waals surface area contributed by atoms with Crippen LogP contribution in [0.15, 0.2) is 41.4 Å². The minimum absolute atomic E-state index is 0. The van der Waals surface area contributed by atoms with E-state index in [2.05, 4.69) is 15.6 Å². The van der Waals surface area contributed by atoms with Crippen molar-refractivity contribution in [2.45, 2.75) is 25.8 Å². The van der Waals surface area contributed by atoms with Crippen molar-refractivity contribution in [3.05, 3.63) is 64.7 Å². The lowest BCUT2D eigenvalue weighted by atomic mass is 10.1. The molecule has 0 fully saturated rings. The molecule has 2 rings (SSSR count). The van der Waals surface area contributed by atoms with Crippen molar-refractivity contribution in [3.63, 3.8) is 0 Å². The molecule has 0 aliphatic rings.